The van der Waals surface area contributed by atoms with Crippen LogP contribution in [0.1, 0.15) is 38.2 Å². The van der Waals surface area contributed by atoms with Gasteiger partial charge in [0, 0.05) is 6.54 Å². The molecule has 0 radical (unpaired) electrons. The second kappa shape index (κ2) is 5.21. The molecule has 0 aliphatic carbocycles. The lowest BCUT2D eigenvalue weighted by molar-refractivity contribution is 0.595. The van der Waals surface area contributed by atoms with Gasteiger partial charge >= 0.3 is 0 Å². The van der Waals surface area contributed by atoms with Gasteiger partial charge in [-0.2, -0.15) is 0 Å². The van der Waals surface area contributed by atoms with Crippen molar-refractivity contribution < 1.29 is 0 Å². The van der Waals surface area contributed by atoms with E-state index in [2.05, 4.69) is 29.5 Å². The predicted molar refractivity (Wildman–Crippen MR) is 73.0 cm³/mol. The molecule has 0 bridgehead atoms. The molecule has 3 heteroatoms. The van der Waals surface area contributed by atoms with E-state index in [1.165, 1.54) is 36.8 Å². The number of nitrogens with two attached hydrogens (primary N) is 1. The zero-order chi connectivity index (χ0) is 12.3. The third-order valence-corrected chi connectivity index (χ3v) is 3.23. The Hall–Kier alpha value is -1.51. The first-order valence-corrected chi connectivity index (χ1v) is 6.45. The topological polar surface area (TPSA) is 43.8 Å². The van der Waals surface area contributed by atoms with Gasteiger partial charge in [-0.3, -0.25) is 0 Å². The molecule has 1 heterocycles. The van der Waals surface area contributed by atoms with E-state index >= 15 is 0 Å². The normalized spacial score (nSPS) is 11.2. The van der Waals surface area contributed by atoms with Crippen LogP contribution in [-0.2, 0) is 6.54 Å². The van der Waals surface area contributed by atoms with Crippen molar-refractivity contribution >= 4 is 17.0 Å². The molecule has 2 rings (SSSR count). The third kappa shape index (κ3) is 2.43. The summed E-state index contributed by atoms with van der Waals surface area (Å²) in [4.78, 5) is 4.41. The zero-order valence-electron chi connectivity index (χ0n) is 10.7. The molecule has 0 aliphatic rings. The van der Waals surface area contributed by atoms with Crippen molar-refractivity contribution in [2.24, 2.45) is 0 Å². The molecule has 92 valence electrons. The maximum absolute atomic E-state index is 5.99. The average Bonchev–Trinajstić information content (AvgIpc) is 2.62. The van der Waals surface area contributed by atoms with E-state index in [9.17, 15) is 0 Å². The first kappa shape index (κ1) is 12.0. The minimum Gasteiger partial charge on any atom is -0.369 e. The first-order chi connectivity index (χ1) is 8.24. The predicted octanol–water partition coefficient (Wildman–Crippen LogP) is 3.51. The minimum absolute atomic E-state index is 0.644. The number of aryl methyl sites for hydroxylation is 2. The molecule has 1 aromatic heterocycles. The fourth-order valence-electron chi connectivity index (χ4n) is 2.31. The molecule has 2 N–H and O–H groups in total. The lowest BCUT2D eigenvalue weighted by Gasteiger charge is -2.07. The standard InChI is InChI=1S/C14H21N3/c1-3-4-5-6-10-17-13-11(2)8-7-9-12(13)16-14(17)15/h7-9H,3-6,10H2,1-2H3,(H2,15,16). The Bertz CT molecular complexity index is 499. The monoisotopic (exact) mass is 231 g/mol. The van der Waals surface area contributed by atoms with Gasteiger partial charge in [-0.25, -0.2) is 4.98 Å². The number of fused-ring (bicyclic) bond motifs is 1. The van der Waals surface area contributed by atoms with Crippen molar-refractivity contribution in [3.8, 4) is 0 Å². The van der Waals surface area contributed by atoms with Gasteiger partial charge in [-0.15, -0.1) is 0 Å². The van der Waals surface area contributed by atoms with Crippen LogP contribution in [0.25, 0.3) is 11.0 Å². The van der Waals surface area contributed by atoms with E-state index < -0.39 is 0 Å². The number of imidazole rings is 1. The van der Waals surface area contributed by atoms with Crippen LogP contribution in [-0.4, -0.2) is 9.55 Å². The quantitative estimate of drug-likeness (QED) is 0.800. The summed E-state index contributed by atoms with van der Waals surface area (Å²) in [7, 11) is 0. The fourth-order valence-corrected chi connectivity index (χ4v) is 2.31. The van der Waals surface area contributed by atoms with Gasteiger partial charge in [0.25, 0.3) is 0 Å². The van der Waals surface area contributed by atoms with Crippen LogP contribution in [0.15, 0.2) is 18.2 Å². The van der Waals surface area contributed by atoms with Crippen molar-refractivity contribution in [1.82, 2.24) is 9.55 Å². The van der Waals surface area contributed by atoms with E-state index in [1.54, 1.807) is 0 Å². The van der Waals surface area contributed by atoms with Crippen LogP contribution in [0.3, 0.4) is 0 Å². The van der Waals surface area contributed by atoms with Crippen molar-refractivity contribution in [3.63, 3.8) is 0 Å². The molecule has 0 atom stereocenters. The molecule has 0 fully saturated rings. The molecule has 0 saturated heterocycles. The second-order valence-corrected chi connectivity index (χ2v) is 4.62. The van der Waals surface area contributed by atoms with Crippen molar-refractivity contribution in [2.45, 2.75) is 46.1 Å². The molecule has 0 amide bonds. The Morgan fingerprint density at radius 3 is 2.82 bits per heavy atom. The summed E-state index contributed by atoms with van der Waals surface area (Å²) in [6, 6.07) is 6.18. The summed E-state index contributed by atoms with van der Waals surface area (Å²) in [6.45, 7) is 5.32. The number of aromatic nitrogens is 2. The first-order valence-electron chi connectivity index (χ1n) is 6.45. The number of benzene rings is 1. The van der Waals surface area contributed by atoms with Gasteiger partial charge < -0.3 is 10.3 Å². The Morgan fingerprint density at radius 2 is 2.06 bits per heavy atom. The number of nitrogen functional groups attached to an aromatic ring is 1. The summed E-state index contributed by atoms with van der Waals surface area (Å²) in [5.74, 6) is 0.644. The zero-order valence-corrected chi connectivity index (χ0v) is 10.7. The van der Waals surface area contributed by atoms with Gasteiger partial charge in [0.1, 0.15) is 0 Å². The number of unbranched alkanes of at least 4 members (excludes halogenated alkanes) is 3. The van der Waals surface area contributed by atoms with Crippen LogP contribution >= 0.6 is 0 Å². The smallest absolute Gasteiger partial charge is 0.201 e. The second-order valence-electron chi connectivity index (χ2n) is 4.62. The molecule has 3 nitrogen and oxygen atoms in total. The Morgan fingerprint density at radius 1 is 1.24 bits per heavy atom. The van der Waals surface area contributed by atoms with Crippen LogP contribution in [0.4, 0.5) is 5.95 Å². The average molecular weight is 231 g/mol. The molecule has 0 saturated carbocycles. The highest BCUT2D eigenvalue weighted by atomic mass is 15.1. The van der Waals surface area contributed by atoms with E-state index in [4.69, 9.17) is 5.73 Å². The maximum Gasteiger partial charge on any atom is 0.201 e. The summed E-state index contributed by atoms with van der Waals surface area (Å²) >= 11 is 0. The van der Waals surface area contributed by atoms with Crippen LogP contribution < -0.4 is 5.73 Å². The Kier molecular flexibility index (Phi) is 3.67. The van der Waals surface area contributed by atoms with Crippen LogP contribution in [0.2, 0.25) is 0 Å². The Balaban J connectivity index is 2.23. The van der Waals surface area contributed by atoms with Crippen LogP contribution in [0.5, 0.6) is 0 Å². The van der Waals surface area contributed by atoms with Gasteiger partial charge in [0.2, 0.25) is 5.95 Å². The summed E-state index contributed by atoms with van der Waals surface area (Å²) in [5.41, 5.74) is 9.45. The number of anilines is 1. The highest BCUT2D eigenvalue weighted by molar-refractivity contribution is 5.81. The molecule has 17 heavy (non-hydrogen) atoms. The summed E-state index contributed by atoms with van der Waals surface area (Å²) in [6.07, 6.45) is 5.00. The minimum atomic E-state index is 0.644. The van der Waals surface area contributed by atoms with E-state index in [0.29, 0.717) is 5.95 Å². The number of rotatable bonds is 5. The van der Waals surface area contributed by atoms with Crippen molar-refractivity contribution in [3.05, 3.63) is 23.8 Å². The molecule has 1 aromatic carbocycles. The maximum atomic E-state index is 5.99. The highest BCUT2D eigenvalue weighted by Gasteiger charge is 2.09. The molecule has 2 aromatic rings. The number of hydrogen-bond donors (Lipinski definition) is 1. The van der Waals surface area contributed by atoms with E-state index in [-0.39, 0.29) is 0 Å². The molecule has 0 spiro atoms. The highest BCUT2D eigenvalue weighted by Crippen LogP contribution is 2.22. The van der Waals surface area contributed by atoms with Gasteiger partial charge in [0.15, 0.2) is 0 Å². The Labute approximate surface area is 103 Å². The number of nitrogens with zero attached hydrogens (tertiary/aromatic N) is 2. The van der Waals surface area contributed by atoms with Crippen LogP contribution in [0, 0.1) is 6.92 Å². The van der Waals surface area contributed by atoms with Crippen molar-refractivity contribution in [1.29, 1.82) is 0 Å². The molecule has 0 unspecified atom stereocenters. The van der Waals surface area contributed by atoms with E-state index in [1.807, 2.05) is 12.1 Å². The number of hydrogen-bond acceptors (Lipinski definition) is 2. The lowest BCUT2D eigenvalue weighted by atomic mass is 10.2. The summed E-state index contributed by atoms with van der Waals surface area (Å²) < 4.78 is 2.15. The fraction of sp³-hybridized carbons (Fsp3) is 0.500. The van der Waals surface area contributed by atoms with E-state index in [0.717, 1.165) is 12.1 Å². The van der Waals surface area contributed by atoms with Gasteiger partial charge in [0.05, 0.1) is 11.0 Å². The SMILES string of the molecule is CCCCCCn1c(N)nc2cccc(C)c21. The molecular weight excluding hydrogens is 210 g/mol. The summed E-state index contributed by atoms with van der Waals surface area (Å²) in [5, 5.41) is 0. The number of para-hydroxylation sites is 1. The molecule has 0 aliphatic heterocycles. The van der Waals surface area contributed by atoms with Gasteiger partial charge in [-0.05, 0) is 25.0 Å². The van der Waals surface area contributed by atoms with Gasteiger partial charge in [-0.1, -0.05) is 38.3 Å². The largest absolute Gasteiger partial charge is 0.369 e. The molecular formula is C14H21N3. The third-order valence-electron chi connectivity index (χ3n) is 3.23. The lowest BCUT2D eigenvalue weighted by Crippen LogP contribution is -2.04. The van der Waals surface area contributed by atoms with Crippen molar-refractivity contribution in [2.75, 3.05) is 5.73 Å².